The molecule has 0 unspecified atom stereocenters. The summed E-state index contributed by atoms with van der Waals surface area (Å²) >= 11 is 0. The monoisotopic (exact) mass is 279 g/mol. The van der Waals surface area contributed by atoms with Crippen molar-refractivity contribution in [3.8, 4) is 17.2 Å². The Morgan fingerprint density at radius 1 is 1.10 bits per heavy atom. The highest BCUT2D eigenvalue weighted by Gasteiger charge is 2.13. The van der Waals surface area contributed by atoms with Gasteiger partial charge in [0.2, 0.25) is 0 Å². The SMILES string of the molecule is CC(=O)c1nc2c(Oc3ccccc3)cccc2cc1O. The number of hydrogen-bond acceptors (Lipinski definition) is 4. The average Bonchev–Trinajstić information content (AvgIpc) is 2.47. The van der Waals surface area contributed by atoms with Gasteiger partial charge in [-0.25, -0.2) is 4.98 Å². The number of aromatic nitrogens is 1. The van der Waals surface area contributed by atoms with Gasteiger partial charge in [-0.1, -0.05) is 30.3 Å². The Morgan fingerprint density at radius 2 is 1.86 bits per heavy atom. The summed E-state index contributed by atoms with van der Waals surface area (Å²) in [6, 6.07) is 16.3. The zero-order chi connectivity index (χ0) is 14.8. The van der Waals surface area contributed by atoms with Crippen molar-refractivity contribution in [1.82, 2.24) is 4.98 Å². The van der Waals surface area contributed by atoms with Gasteiger partial charge in [0.1, 0.15) is 22.7 Å². The molecule has 0 aliphatic rings. The summed E-state index contributed by atoms with van der Waals surface area (Å²) < 4.78 is 5.81. The molecule has 0 saturated heterocycles. The number of hydrogen-bond donors (Lipinski definition) is 1. The van der Waals surface area contributed by atoms with Gasteiger partial charge in [0, 0.05) is 12.3 Å². The van der Waals surface area contributed by atoms with Gasteiger partial charge in [0.15, 0.2) is 11.5 Å². The molecule has 0 aliphatic heterocycles. The van der Waals surface area contributed by atoms with E-state index in [1.807, 2.05) is 42.5 Å². The van der Waals surface area contributed by atoms with E-state index in [9.17, 15) is 9.90 Å². The molecule has 0 fully saturated rings. The van der Waals surface area contributed by atoms with Crippen LogP contribution in [0.2, 0.25) is 0 Å². The van der Waals surface area contributed by atoms with Gasteiger partial charge in [-0.15, -0.1) is 0 Å². The Balaban J connectivity index is 2.14. The number of ether oxygens (including phenoxy) is 1. The van der Waals surface area contributed by atoms with E-state index < -0.39 is 0 Å². The third-order valence-electron chi connectivity index (χ3n) is 3.09. The number of benzene rings is 2. The van der Waals surface area contributed by atoms with E-state index in [1.165, 1.54) is 13.0 Å². The first-order chi connectivity index (χ1) is 10.1. The largest absolute Gasteiger partial charge is 0.506 e. The first-order valence-electron chi connectivity index (χ1n) is 6.52. The lowest BCUT2D eigenvalue weighted by atomic mass is 10.1. The van der Waals surface area contributed by atoms with Crippen LogP contribution in [0.1, 0.15) is 17.4 Å². The number of carbonyl (C=O) groups excluding carboxylic acids is 1. The lowest BCUT2D eigenvalue weighted by Crippen LogP contribution is -1.98. The summed E-state index contributed by atoms with van der Waals surface area (Å²) in [6.07, 6.45) is 0. The maximum absolute atomic E-state index is 11.5. The van der Waals surface area contributed by atoms with Crippen molar-refractivity contribution in [2.45, 2.75) is 6.92 Å². The second-order valence-electron chi connectivity index (χ2n) is 4.66. The fourth-order valence-electron chi connectivity index (χ4n) is 2.12. The number of para-hydroxylation sites is 2. The molecule has 0 aliphatic carbocycles. The zero-order valence-corrected chi connectivity index (χ0v) is 11.4. The Bertz CT molecular complexity index is 813. The molecule has 1 aromatic heterocycles. The summed E-state index contributed by atoms with van der Waals surface area (Å²) in [5.74, 6) is 0.821. The minimum absolute atomic E-state index is 0.0478. The molecule has 3 aromatic rings. The van der Waals surface area contributed by atoms with Crippen LogP contribution in [0.4, 0.5) is 0 Å². The Hall–Kier alpha value is -2.88. The van der Waals surface area contributed by atoms with E-state index >= 15 is 0 Å². The number of Topliss-reactive ketones (excluding diaryl/α,β-unsaturated/α-hetero) is 1. The van der Waals surface area contributed by atoms with Crippen molar-refractivity contribution in [1.29, 1.82) is 0 Å². The summed E-state index contributed by atoms with van der Waals surface area (Å²) in [6.45, 7) is 1.37. The number of rotatable bonds is 3. The maximum atomic E-state index is 11.5. The predicted molar refractivity (Wildman–Crippen MR) is 79.9 cm³/mol. The number of ketones is 1. The predicted octanol–water partition coefficient (Wildman–Crippen LogP) is 3.94. The molecule has 4 nitrogen and oxygen atoms in total. The minimum atomic E-state index is -0.288. The van der Waals surface area contributed by atoms with Gasteiger partial charge in [-0.3, -0.25) is 4.79 Å². The molecule has 1 heterocycles. The van der Waals surface area contributed by atoms with Crippen LogP contribution in [0.5, 0.6) is 17.2 Å². The highest BCUT2D eigenvalue weighted by molar-refractivity contribution is 5.98. The third kappa shape index (κ3) is 2.56. The van der Waals surface area contributed by atoms with Gasteiger partial charge in [-0.05, 0) is 24.3 Å². The van der Waals surface area contributed by atoms with Crippen molar-refractivity contribution in [3.05, 3.63) is 60.3 Å². The van der Waals surface area contributed by atoms with Crippen LogP contribution in [0.15, 0.2) is 54.6 Å². The van der Waals surface area contributed by atoms with Crippen LogP contribution < -0.4 is 4.74 Å². The number of fused-ring (bicyclic) bond motifs is 1. The number of pyridine rings is 1. The van der Waals surface area contributed by atoms with Gasteiger partial charge < -0.3 is 9.84 Å². The van der Waals surface area contributed by atoms with E-state index in [4.69, 9.17) is 4.74 Å². The van der Waals surface area contributed by atoms with E-state index in [0.29, 0.717) is 22.4 Å². The molecule has 3 rings (SSSR count). The smallest absolute Gasteiger partial charge is 0.181 e. The van der Waals surface area contributed by atoms with E-state index in [2.05, 4.69) is 4.98 Å². The van der Waals surface area contributed by atoms with Crippen molar-refractivity contribution in [2.75, 3.05) is 0 Å². The van der Waals surface area contributed by atoms with Gasteiger partial charge in [0.05, 0.1) is 0 Å². The second-order valence-corrected chi connectivity index (χ2v) is 4.66. The minimum Gasteiger partial charge on any atom is -0.506 e. The van der Waals surface area contributed by atoms with Crippen LogP contribution in [0.3, 0.4) is 0 Å². The molecule has 2 aromatic carbocycles. The molecule has 104 valence electrons. The van der Waals surface area contributed by atoms with Crippen molar-refractivity contribution in [3.63, 3.8) is 0 Å². The third-order valence-corrected chi connectivity index (χ3v) is 3.09. The maximum Gasteiger partial charge on any atom is 0.181 e. The lowest BCUT2D eigenvalue weighted by molar-refractivity contribution is 0.101. The molecule has 0 spiro atoms. The molecule has 0 radical (unpaired) electrons. The van der Waals surface area contributed by atoms with Crippen molar-refractivity contribution >= 4 is 16.7 Å². The molecular weight excluding hydrogens is 266 g/mol. The van der Waals surface area contributed by atoms with Crippen molar-refractivity contribution in [2.24, 2.45) is 0 Å². The van der Waals surface area contributed by atoms with Crippen LogP contribution in [0.25, 0.3) is 10.9 Å². The summed E-state index contributed by atoms with van der Waals surface area (Å²) in [5.41, 5.74) is 0.593. The Morgan fingerprint density at radius 3 is 2.57 bits per heavy atom. The molecule has 4 heteroatoms. The summed E-state index contributed by atoms with van der Waals surface area (Å²) in [7, 11) is 0. The van der Waals surface area contributed by atoms with Gasteiger partial charge >= 0.3 is 0 Å². The van der Waals surface area contributed by atoms with Crippen LogP contribution >= 0.6 is 0 Å². The lowest BCUT2D eigenvalue weighted by Gasteiger charge is -2.09. The first kappa shape index (κ1) is 13.1. The molecule has 21 heavy (non-hydrogen) atoms. The second kappa shape index (κ2) is 5.25. The highest BCUT2D eigenvalue weighted by atomic mass is 16.5. The van der Waals surface area contributed by atoms with E-state index in [0.717, 1.165) is 0 Å². The van der Waals surface area contributed by atoms with Crippen molar-refractivity contribution < 1.29 is 14.6 Å². The standard InChI is InChI=1S/C17H13NO3/c1-11(19)16-14(20)10-12-6-5-9-15(17(12)18-16)21-13-7-3-2-4-8-13/h2-10,20H,1H3. The summed E-state index contributed by atoms with van der Waals surface area (Å²) in [4.78, 5) is 15.8. The van der Waals surface area contributed by atoms with Crippen LogP contribution in [-0.4, -0.2) is 15.9 Å². The van der Waals surface area contributed by atoms with E-state index in [-0.39, 0.29) is 17.2 Å². The molecule has 1 N–H and O–H groups in total. The van der Waals surface area contributed by atoms with Crippen LogP contribution in [-0.2, 0) is 0 Å². The topological polar surface area (TPSA) is 59.4 Å². The highest BCUT2D eigenvalue weighted by Crippen LogP contribution is 2.31. The molecule has 0 bridgehead atoms. The molecule has 0 amide bonds. The quantitative estimate of drug-likeness (QED) is 0.738. The van der Waals surface area contributed by atoms with Crippen LogP contribution in [0, 0.1) is 0 Å². The summed E-state index contributed by atoms with van der Waals surface area (Å²) in [5, 5.41) is 10.5. The molecule has 0 atom stereocenters. The number of aromatic hydroxyl groups is 1. The van der Waals surface area contributed by atoms with Gasteiger partial charge in [0.25, 0.3) is 0 Å². The zero-order valence-electron chi connectivity index (χ0n) is 11.4. The molecule has 0 saturated carbocycles. The Labute approximate surface area is 121 Å². The van der Waals surface area contributed by atoms with E-state index in [1.54, 1.807) is 6.07 Å². The van der Waals surface area contributed by atoms with Gasteiger partial charge in [-0.2, -0.15) is 0 Å². The average molecular weight is 279 g/mol. The number of nitrogens with zero attached hydrogens (tertiary/aromatic N) is 1. The Kier molecular flexibility index (Phi) is 3.28. The molecular formula is C17H13NO3. The normalized spacial score (nSPS) is 10.5. The fourth-order valence-corrected chi connectivity index (χ4v) is 2.12. The number of carbonyl (C=O) groups is 1. The first-order valence-corrected chi connectivity index (χ1v) is 6.52. The fraction of sp³-hybridized carbons (Fsp3) is 0.0588.